The molecule has 1 aromatic carbocycles. The molecular weight excluding hydrogens is 460 g/mol. The van der Waals surface area contributed by atoms with E-state index in [9.17, 15) is 28.8 Å². The number of nitriles is 1. The van der Waals surface area contributed by atoms with E-state index < -0.39 is 22.2 Å². The molecule has 3 amide bonds. The molecule has 1 aliphatic heterocycles. The van der Waals surface area contributed by atoms with Crippen LogP contribution in [-0.2, 0) is 9.59 Å². The molecule has 1 fully saturated rings. The summed E-state index contributed by atoms with van der Waals surface area (Å²) in [5.41, 5.74) is 2.23. The highest BCUT2D eigenvalue weighted by Gasteiger charge is 2.33. The summed E-state index contributed by atoms with van der Waals surface area (Å²) in [7, 11) is -3.23. The molecular formula is C22H25N6O5S-. The van der Waals surface area contributed by atoms with Crippen molar-refractivity contribution in [3.8, 4) is 17.3 Å². The lowest BCUT2D eigenvalue weighted by Gasteiger charge is -2.40. The third-order valence-corrected chi connectivity index (χ3v) is 6.44. The monoisotopic (exact) mass is 485 g/mol. The van der Waals surface area contributed by atoms with Gasteiger partial charge in [-0.3, -0.25) is 19.1 Å². The minimum atomic E-state index is -3.23. The summed E-state index contributed by atoms with van der Waals surface area (Å²) < 4.78 is 22.3. The van der Waals surface area contributed by atoms with Crippen LogP contribution in [0.15, 0.2) is 24.3 Å². The van der Waals surface area contributed by atoms with Gasteiger partial charge in [0.25, 0.3) is 5.91 Å². The van der Waals surface area contributed by atoms with Gasteiger partial charge in [-0.15, -0.1) is 0 Å². The van der Waals surface area contributed by atoms with E-state index in [1.54, 1.807) is 28.9 Å². The van der Waals surface area contributed by atoms with Crippen molar-refractivity contribution in [2.45, 2.75) is 25.8 Å². The lowest BCUT2D eigenvalue weighted by Crippen LogP contribution is -2.48. The highest BCUT2D eigenvalue weighted by atomic mass is 32.3. The van der Waals surface area contributed by atoms with Gasteiger partial charge < -0.3 is 35.2 Å². The molecule has 0 saturated heterocycles. The van der Waals surface area contributed by atoms with Crippen LogP contribution in [0.3, 0.4) is 0 Å². The maximum Gasteiger partial charge on any atom is 0.273 e. The summed E-state index contributed by atoms with van der Waals surface area (Å²) in [6.07, 6.45) is 2.75. The number of aromatic nitrogens is 2. The van der Waals surface area contributed by atoms with Crippen LogP contribution in [0.5, 0.6) is 0 Å². The highest BCUT2D eigenvalue weighted by Crippen LogP contribution is 2.35. The number of hydrogen-bond donors (Lipinski definition) is 3. The summed E-state index contributed by atoms with van der Waals surface area (Å²) in [5.74, 6) is -1.64. The van der Waals surface area contributed by atoms with Crippen molar-refractivity contribution in [3.05, 3.63) is 35.5 Å². The topological polar surface area (TPSA) is 163 Å². The summed E-state index contributed by atoms with van der Waals surface area (Å²) in [4.78, 5) is 38.8. The summed E-state index contributed by atoms with van der Waals surface area (Å²) in [6.45, 7) is 2.06. The van der Waals surface area contributed by atoms with Gasteiger partial charge in [0.05, 0.1) is 41.5 Å². The molecule has 11 nitrogen and oxygen atoms in total. The Morgan fingerprint density at radius 2 is 2.09 bits per heavy atom. The lowest BCUT2D eigenvalue weighted by atomic mass is 10.1. The first-order valence-electron chi connectivity index (χ1n) is 10.8. The molecule has 2 aliphatic rings. The van der Waals surface area contributed by atoms with Crippen LogP contribution in [0.25, 0.3) is 11.3 Å². The number of benzene rings is 1. The van der Waals surface area contributed by atoms with Crippen molar-refractivity contribution in [2.24, 2.45) is 5.92 Å². The van der Waals surface area contributed by atoms with Gasteiger partial charge in [-0.2, -0.15) is 10.4 Å². The SMILES string of the molecule is C[C@H]1CN(CNC(=O)CS(C)([O-])O)C(=O)c2cc(-c3ccc(C#N)cc3NC(=O)C3CC3)nn21. The average molecular weight is 486 g/mol. The molecule has 4 rings (SSSR count). The zero-order valence-electron chi connectivity index (χ0n) is 18.8. The fourth-order valence-corrected chi connectivity index (χ4v) is 4.39. The van der Waals surface area contributed by atoms with E-state index >= 15 is 0 Å². The number of carbonyl (C=O) groups excluding carboxylic acids is 3. The number of hydrogen-bond acceptors (Lipinski definition) is 7. The molecule has 2 atom stereocenters. The number of nitrogens with zero attached hydrogens (tertiary/aromatic N) is 4. The molecule has 0 spiro atoms. The second-order valence-electron chi connectivity index (χ2n) is 8.73. The minimum absolute atomic E-state index is 0.0222. The zero-order valence-corrected chi connectivity index (χ0v) is 19.6. The fraction of sp³-hybridized carbons (Fsp3) is 0.409. The molecule has 180 valence electrons. The maximum atomic E-state index is 13.1. The Bertz CT molecular complexity index is 1190. The van der Waals surface area contributed by atoms with Gasteiger partial charge in [-0.05, 0) is 50.3 Å². The molecule has 2 aromatic rings. The second-order valence-corrected chi connectivity index (χ2v) is 10.9. The third kappa shape index (κ3) is 5.22. The number of anilines is 1. The number of fused-ring (bicyclic) bond motifs is 1. The summed E-state index contributed by atoms with van der Waals surface area (Å²) >= 11 is 0. The van der Waals surface area contributed by atoms with E-state index in [1.807, 2.05) is 6.92 Å². The van der Waals surface area contributed by atoms with E-state index in [0.29, 0.717) is 28.2 Å². The molecule has 0 bridgehead atoms. The van der Waals surface area contributed by atoms with Crippen molar-refractivity contribution in [1.29, 1.82) is 5.26 Å². The molecule has 1 aliphatic carbocycles. The van der Waals surface area contributed by atoms with E-state index in [-0.39, 0.29) is 37.0 Å². The van der Waals surface area contributed by atoms with Crippen molar-refractivity contribution >= 4 is 34.0 Å². The molecule has 12 heteroatoms. The zero-order chi connectivity index (χ0) is 24.6. The van der Waals surface area contributed by atoms with E-state index in [4.69, 9.17) is 0 Å². The van der Waals surface area contributed by atoms with Gasteiger partial charge in [-0.25, -0.2) is 0 Å². The Kier molecular flexibility index (Phi) is 6.35. The van der Waals surface area contributed by atoms with Crippen molar-refractivity contribution < 1.29 is 23.5 Å². The molecule has 34 heavy (non-hydrogen) atoms. The average Bonchev–Trinajstić information content (AvgIpc) is 3.52. The largest absolute Gasteiger partial charge is 0.768 e. The Labute approximate surface area is 198 Å². The highest BCUT2D eigenvalue weighted by molar-refractivity contribution is 8.24. The number of amides is 3. The predicted molar refractivity (Wildman–Crippen MR) is 124 cm³/mol. The van der Waals surface area contributed by atoms with Crippen LogP contribution >= 0.6 is 10.6 Å². The normalized spacial score (nSPS) is 20.0. The molecule has 1 unspecified atom stereocenters. The number of nitrogens with one attached hydrogen (secondary N) is 2. The van der Waals surface area contributed by atoms with Crippen molar-refractivity contribution in [1.82, 2.24) is 20.0 Å². The van der Waals surface area contributed by atoms with Crippen LogP contribution in [0.2, 0.25) is 0 Å². The van der Waals surface area contributed by atoms with Crippen LogP contribution in [0.1, 0.15) is 41.9 Å². The lowest BCUT2D eigenvalue weighted by molar-refractivity contribution is -0.119. The number of rotatable bonds is 7. The van der Waals surface area contributed by atoms with Gasteiger partial charge in [0, 0.05) is 18.0 Å². The van der Waals surface area contributed by atoms with E-state index in [1.165, 1.54) is 4.90 Å². The Morgan fingerprint density at radius 1 is 1.35 bits per heavy atom. The van der Waals surface area contributed by atoms with Gasteiger partial charge in [0.2, 0.25) is 11.8 Å². The van der Waals surface area contributed by atoms with Crippen molar-refractivity contribution in [3.63, 3.8) is 0 Å². The Morgan fingerprint density at radius 3 is 2.74 bits per heavy atom. The van der Waals surface area contributed by atoms with Crippen LogP contribution < -0.4 is 10.6 Å². The first kappa shape index (κ1) is 23.7. The van der Waals surface area contributed by atoms with Crippen LogP contribution in [0.4, 0.5) is 5.69 Å². The van der Waals surface area contributed by atoms with Gasteiger partial charge in [0.1, 0.15) is 5.69 Å². The summed E-state index contributed by atoms with van der Waals surface area (Å²) in [6, 6.07) is 8.39. The second kappa shape index (κ2) is 9.09. The third-order valence-electron chi connectivity index (χ3n) is 5.64. The standard InChI is InChI=1S/C22H26N6O5S/c1-13-10-27(12-24-20(29)11-34(2,32)33)22(31)19-8-18(26-28(13)19)16-6-3-14(9-23)7-17(16)25-21(30)15-4-5-15/h3,6-8,13,15,32-33H,4-5,10-12H2,1-2H3,(H,24,29)(H,25,30)/p-1/t13-/m0/s1. The Hall–Kier alpha value is -3.40. The van der Waals surface area contributed by atoms with E-state index in [0.717, 1.165) is 19.1 Å². The van der Waals surface area contributed by atoms with Crippen LogP contribution in [-0.4, -0.2) is 66.7 Å². The molecule has 0 radical (unpaired) electrons. The predicted octanol–water partition coefficient (Wildman–Crippen LogP) is 1.90. The first-order chi connectivity index (χ1) is 16.1. The van der Waals surface area contributed by atoms with Crippen molar-refractivity contribution in [2.75, 3.05) is 30.5 Å². The quantitative estimate of drug-likeness (QED) is 0.539. The smallest absolute Gasteiger partial charge is 0.273 e. The van der Waals surface area contributed by atoms with Crippen LogP contribution in [0, 0.1) is 17.2 Å². The maximum absolute atomic E-state index is 13.1. The molecule has 3 N–H and O–H groups in total. The molecule has 1 aromatic heterocycles. The fourth-order valence-electron chi connectivity index (χ4n) is 3.80. The molecule has 1 saturated carbocycles. The summed E-state index contributed by atoms with van der Waals surface area (Å²) in [5, 5.41) is 19.3. The van der Waals surface area contributed by atoms with Gasteiger partial charge in [0.15, 0.2) is 0 Å². The molecule has 2 heterocycles. The van der Waals surface area contributed by atoms with Gasteiger partial charge >= 0.3 is 0 Å². The van der Waals surface area contributed by atoms with Gasteiger partial charge in [-0.1, -0.05) is 0 Å². The number of carbonyl (C=O) groups is 3. The van der Waals surface area contributed by atoms with E-state index in [2.05, 4.69) is 21.8 Å². The Balaban J connectivity index is 1.57. The first-order valence-corrected chi connectivity index (χ1v) is 12.8. The minimum Gasteiger partial charge on any atom is -0.768 e.